The van der Waals surface area contributed by atoms with Gasteiger partial charge >= 0.3 is 6.18 Å². The molecule has 13 heteroatoms. The van der Waals surface area contributed by atoms with Gasteiger partial charge in [-0.05, 0) is 62.2 Å². The zero-order valence-electron chi connectivity index (χ0n) is 19.0. The van der Waals surface area contributed by atoms with Crippen molar-refractivity contribution in [1.82, 2.24) is 24.6 Å². The molecule has 1 amide bonds. The number of halogens is 4. The molecular formula is C23H21F4N5O3S. The second-order valence-corrected chi connectivity index (χ2v) is 10.1. The zero-order valence-corrected chi connectivity index (χ0v) is 19.8. The number of sulfonamides is 1. The van der Waals surface area contributed by atoms with E-state index < -0.39 is 39.7 Å². The summed E-state index contributed by atoms with van der Waals surface area (Å²) in [5.74, 6) is -0.763. The highest BCUT2D eigenvalue weighted by Gasteiger charge is 2.39. The third kappa shape index (κ3) is 5.51. The number of alkyl halides is 3. The molecule has 0 aliphatic carbocycles. The second-order valence-electron chi connectivity index (χ2n) is 8.17. The Kier molecular flexibility index (Phi) is 7.05. The first kappa shape index (κ1) is 25.6. The van der Waals surface area contributed by atoms with E-state index in [1.165, 1.54) is 12.1 Å². The molecule has 1 atom stereocenters. The van der Waals surface area contributed by atoms with Crippen LogP contribution in [0.3, 0.4) is 0 Å². The number of aromatic nitrogens is 3. The molecular weight excluding hydrogens is 502 g/mol. The quantitative estimate of drug-likeness (QED) is 0.496. The highest BCUT2D eigenvalue weighted by Crippen LogP contribution is 2.29. The summed E-state index contributed by atoms with van der Waals surface area (Å²) in [6.07, 6.45) is -2.70. The molecule has 0 radical (unpaired) electrons. The Balaban J connectivity index is 1.48. The Labute approximate surface area is 204 Å². The molecule has 36 heavy (non-hydrogen) atoms. The van der Waals surface area contributed by atoms with Crippen LogP contribution in [0.25, 0.3) is 11.3 Å². The van der Waals surface area contributed by atoms with E-state index in [4.69, 9.17) is 0 Å². The van der Waals surface area contributed by atoms with Gasteiger partial charge in [-0.25, -0.2) is 22.8 Å². The molecule has 2 aromatic heterocycles. The molecule has 1 aliphatic rings. The highest BCUT2D eigenvalue weighted by molar-refractivity contribution is 7.89. The van der Waals surface area contributed by atoms with Gasteiger partial charge in [-0.2, -0.15) is 17.5 Å². The Morgan fingerprint density at radius 2 is 1.86 bits per heavy atom. The largest absolute Gasteiger partial charge is 0.433 e. The lowest BCUT2D eigenvalue weighted by Gasteiger charge is -2.23. The zero-order chi connectivity index (χ0) is 26.1. The number of benzene rings is 1. The summed E-state index contributed by atoms with van der Waals surface area (Å²) in [6.45, 7) is 1.69. The van der Waals surface area contributed by atoms with E-state index in [0.717, 1.165) is 40.8 Å². The third-order valence-corrected chi connectivity index (χ3v) is 7.53. The lowest BCUT2D eigenvalue weighted by molar-refractivity contribution is -0.141. The van der Waals surface area contributed by atoms with E-state index in [1.807, 2.05) is 0 Å². The number of carbonyl (C=O) groups excluding carboxylic acids is 1. The van der Waals surface area contributed by atoms with Gasteiger partial charge in [0.25, 0.3) is 0 Å². The number of hydrogen-bond donors (Lipinski definition) is 1. The molecule has 4 rings (SSSR count). The van der Waals surface area contributed by atoms with Crippen molar-refractivity contribution in [1.29, 1.82) is 0 Å². The standard InChI is InChI=1S/C23H21F4N5O3S/c1-14-30-17(11-19(31-14)15-4-9-21(28-12-15)23(25,26)27)13-29-22(33)20-3-2-10-32(20)36(34,35)18-7-5-16(24)6-8-18/h4-9,11-12,20H,2-3,10,13H2,1H3,(H,29,33). The van der Waals surface area contributed by atoms with Crippen molar-refractivity contribution >= 4 is 15.9 Å². The van der Waals surface area contributed by atoms with Crippen LogP contribution in [0.5, 0.6) is 0 Å². The fraction of sp³-hybridized carbons (Fsp3) is 0.304. The monoisotopic (exact) mass is 523 g/mol. The molecule has 8 nitrogen and oxygen atoms in total. The maximum atomic E-state index is 13.2. The molecule has 3 heterocycles. The summed E-state index contributed by atoms with van der Waals surface area (Å²) in [6, 6.07) is 7.05. The maximum Gasteiger partial charge on any atom is 0.433 e. The first-order chi connectivity index (χ1) is 16.9. The molecule has 1 N–H and O–H groups in total. The molecule has 0 saturated carbocycles. The lowest BCUT2D eigenvalue weighted by atomic mass is 10.1. The van der Waals surface area contributed by atoms with Gasteiger partial charge in [0, 0.05) is 18.3 Å². The van der Waals surface area contributed by atoms with Crippen molar-refractivity contribution in [2.45, 2.75) is 43.4 Å². The topological polar surface area (TPSA) is 105 Å². The van der Waals surface area contributed by atoms with Crippen molar-refractivity contribution < 1.29 is 30.8 Å². The van der Waals surface area contributed by atoms with Gasteiger partial charge in [-0.1, -0.05) is 0 Å². The van der Waals surface area contributed by atoms with Crippen LogP contribution in [0.2, 0.25) is 0 Å². The summed E-state index contributed by atoms with van der Waals surface area (Å²) in [4.78, 5) is 24.7. The minimum absolute atomic E-state index is 0.0514. The van der Waals surface area contributed by atoms with E-state index in [-0.39, 0.29) is 18.0 Å². The van der Waals surface area contributed by atoms with Crippen LogP contribution in [-0.4, -0.2) is 46.2 Å². The molecule has 1 aliphatic heterocycles. The molecule has 3 aromatic rings. The first-order valence-electron chi connectivity index (χ1n) is 10.9. The number of carbonyl (C=O) groups is 1. The van der Waals surface area contributed by atoms with Gasteiger partial charge in [-0.15, -0.1) is 0 Å². The SMILES string of the molecule is Cc1nc(CNC(=O)C2CCCN2S(=O)(=O)c2ccc(F)cc2)cc(-c2ccc(C(F)(F)F)nc2)n1. The Morgan fingerprint density at radius 1 is 1.14 bits per heavy atom. The van der Waals surface area contributed by atoms with Gasteiger partial charge < -0.3 is 5.32 Å². The third-order valence-electron chi connectivity index (χ3n) is 5.61. The van der Waals surface area contributed by atoms with Gasteiger partial charge in [0.2, 0.25) is 15.9 Å². The lowest BCUT2D eigenvalue weighted by Crippen LogP contribution is -2.45. The van der Waals surface area contributed by atoms with Gasteiger partial charge in [0.15, 0.2) is 0 Å². The highest BCUT2D eigenvalue weighted by atomic mass is 32.2. The minimum Gasteiger partial charge on any atom is -0.349 e. The van der Waals surface area contributed by atoms with E-state index >= 15 is 0 Å². The van der Waals surface area contributed by atoms with Crippen LogP contribution in [0, 0.1) is 12.7 Å². The van der Waals surface area contributed by atoms with Crippen molar-refractivity contribution in [2.75, 3.05) is 6.54 Å². The molecule has 0 bridgehead atoms. The number of pyridine rings is 1. The Morgan fingerprint density at radius 3 is 2.50 bits per heavy atom. The van der Waals surface area contributed by atoms with Crippen LogP contribution in [0.4, 0.5) is 17.6 Å². The van der Waals surface area contributed by atoms with E-state index in [0.29, 0.717) is 35.6 Å². The first-order valence-corrected chi connectivity index (χ1v) is 12.3. The summed E-state index contributed by atoms with van der Waals surface area (Å²) in [7, 11) is -4.00. The van der Waals surface area contributed by atoms with Crippen LogP contribution in [-0.2, 0) is 27.5 Å². The summed E-state index contributed by atoms with van der Waals surface area (Å²) < 4.78 is 78.7. The van der Waals surface area contributed by atoms with Crippen LogP contribution in [0.15, 0.2) is 53.6 Å². The number of nitrogens with zero attached hydrogens (tertiary/aromatic N) is 4. The molecule has 1 fully saturated rings. The van der Waals surface area contributed by atoms with Crippen molar-refractivity contribution in [3.05, 3.63) is 71.7 Å². The summed E-state index contributed by atoms with van der Waals surface area (Å²) >= 11 is 0. The molecule has 1 saturated heterocycles. The number of aryl methyl sites for hydroxylation is 1. The van der Waals surface area contributed by atoms with Gasteiger partial charge in [0.1, 0.15) is 23.4 Å². The molecule has 190 valence electrons. The normalized spacial score (nSPS) is 16.8. The van der Waals surface area contributed by atoms with Crippen LogP contribution >= 0.6 is 0 Å². The summed E-state index contributed by atoms with van der Waals surface area (Å²) in [5.41, 5.74) is 0.0284. The smallest absolute Gasteiger partial charge is 0.349 e. The van der Waals surface area contributed by atoms with E-state index in [9.17, 15) is 30.8 Å². The molecule has 0 spiro atoms. The van der Waals surface area contributed by atoms with E-state index in [1.54, 1.807) is 6.92 Å². The van der Waals surface area contributed by atoms with E-state index in [2.05, 4.69) is 20.3 Å². The fourth-order valence-electron chi connectivity index (χ4n) is 3.91. The van der Waals surface area contributed by atoms with Crippen molar-refractivity contribution in [2.24, 2.45) is 0 Å². The minimum atomic E-state index is -4.56. The predicted molar refractivity (Wildman–Crippen MR) is 120 cm³/mol. The Hall–Kier alpha value is -3.45. The maximum absolute atomic E-state index is 13.2. The number of hydrogen-bond acceptors (Lipinski definition) is 6. The van der Waals surface area contributed by atoms with Gasteiger partial charge in [0.05, 0.1) is 22.8 Å². The Bertz CT molecular complexity index is 1360. The molecule has 1 aromatic carbocycles. The van der Waals surface area contributed by atoms with Crippen molar-refractivity contribution in [3.8, 4) is 11.3 Å². The average Bonchev–Trinajstić information content (AvgIpc) is 3.33. The number of nitrogens with one attached hydrogen (secondary N) is 1. The number of rotatable bonds is 6. The average molecular weight is 524 g/mol. The molecule has 1 unspecified atom stereocenters. The fourth-order valence-corrected chi connectivity index (χ4v) is 5.56. The number of amides is 1. The van der Waals surface area contributed by atoms with Gasteiger partial charge in [-0.3, -0.25) is 9.78 Å². The van der Waals surface area contributed by atoms with Crippen molar-refractivity contribution in [3.63, 3.8) is 0 Å². The van der Waals surface area contributed by atoms with Crippen LogP contribution in [0.1, 0.15) is 30.1 Å². The van der Waals surface area contributed by atoms with Crippen LogP contribution < -0.4 is 5.32 Å². The summed E-state index contributed by atoms with van der Waals surface area (Å²) in [5, 5.41) is 2.68. The second kappa shape index (κ2) is 9.90. The predicted octanol–water partition coefficient (Wildman–Crippen LogP) is 3.47.